The first-order valence-corrected chi connectivity index (χ1v) is 4.96. The minimum absolute atomic E-state index is 0.464. The first-order valence-electron chi connectivity index (χ1n) is 4.96. The molecule has 2 rings (SSSR count). The molecule has 0 radical (unpaired) electrons. The standard InChI is InChI=1S/C10H14N2O3/c13-10(14)9-7-12(4-3-11-9)6-8-2-1-5-15-8/h1-2,5,9,11H,3-4,6-7H2,(H,13,14). The number of carboxylic acids is 1. The Morgan fingerprint density at radius 1 is 1.73 bits per heavy atom. The maximum absolute atomic E-state index is 10.8. The van der Waals surface area contributed by atoms with Gasteiger partial charge in [-0.1, -0.05) is 0 Å². The fourth-order valence-corrected chi connectivity index (χ4v) is 1.74. The summed E-state index contributed by atoms with van der Waals surface area (Å²) in [6, 6.07) is 3.28. The van der Waals surface area contributed by atoms with Crippen LogP contribution in [0, 0.1) is 0 Å². The van der Waals surface area contributed by atoms with Crippen LogP contribution in [0.1, 0.15) is 5.76 Å². The highest BCUT2D eigenvalue weighted by Crippen LogP contribution is 2.08. The fraction of sp³-hybridized carbons (Fsp3) is 0.500. The van der Waals surface area contributed by atoms with Gasteiger partial charge in [0.25, 0.3) is 0 Å². The quantitative estimate of drug-likeness (QED) is 0.742. The van der Waals surface area contributed by atoms with Crippen LogP contribution in [0.2, 0.25) is 0 Å². The van der Waals surface area contributed by atoms with Crippen molar-refractivity contribution in [3.63, 3.8) is 0 Å². The molecule has 1 fully saturated rings. The number of hydrogen-bond donors (Lipinski definition) is 2. The molecule has 1 aliphatic rings. The van der Waals surface area contributed by atoms with Gasteiger partial charge in [-0.3, -0.25) is 9.69 Å². The molecule has 1 aromatic heterocycles. The number of nitrogens with one attached hydrogen (secondary N) is 1. The molecule has 0 spiro atoms. The van der Waals surface area contributed by atoms with Crippen LogP contribution in [0.15, 0.2) is 22.8 Å². The van der Waals surface area contributed by atoms with E-state index in [1.54, 1.807) is 6.26 Å². The fourth-order valence-electron chi connectivity index (χ4n) is 1.74. The van der Waals surface area contributed by atoms with Crippen LogP contribution >= 0.6 is 0 Å². The second kappa shape index (κ2) is 4.46. The molecule has 1 saturated heterocycles. The number of carboxylic acid groups (broad SMARTS) is 1. The van der Waals surface area contributed by atoms with Crippen LogP contribution in [-0.4, -0.2) is 41.7 Å². The lowest BCUT2D eigenvalue weighted by atomic mass is 10.2. The molecule has 0 bridgehead atoms. The number of aliphatic carboxylic acids is 1. The van der Waals surface area contributed by atoms with E-state index in [4.69, 9.17) is 9.52 Å². The van der Waals surface area contributed by atoms with Gasteiger partial charge in [0, 0.05) is 19.6 Å². The van der Waals surface area contributed by atoms with Gasteiger partial charge in [-0.25, -0.2) is 0 Å². The van der Waals surface area contributed by atoms with E-state index in [1.165, 1.54) is 0 Å². The molecule has 1 unspecified atom stereocenters. The molecular formula is C10H14N2O3. The van der Waals surface area contributed by atoms with E-state index in [2.05, 4.69) is 10.2 Å². The highest BCUT2D eigenvalue weighted by atomic mass is 16.4. The lowest BCUT2D eigenvalue weighted by molar-refractivity contribution is -0.140. The Labute approximate surface area is 87.7 Å². The second-order valence-electron chi connectivity index (χ2n) is 3.66. The molecular weight excluding hydrogens is 196 g/mol. The zero-order chi connectivity index (χ0) is 10.7. The van der Waals surface area contributed by atoms with E-state index in [1.807, 2.05) is 12.1 Å². The van der Waals surface area contributed by atoms with Crippen LogP contribution in [0.5, 0.6) is 0 Å². The summed E-state index contributed by atoms with van der Waals surface area (Å²) in [4.78, 5) is 12.9. The van der Waals surface area contributed by atoms with Crippen LogP contribution in [0.3, 0.4) is 0 Å². The summed E-state index contributed by atoms with van der Waals surface area (Å²) in [5, 5.41) is 11.8. The zero-order valence-corrected chi connectivity index (χ0v) is 8.35. The molecule has 1 aliphatic heterocycles. The minimum Gasteiger partial charge on any atom is -0.480 e. The first-order chi connectivity index (χ1) is 7.25. The maximum atomic E-state index is 10.8. The number of rotatable bonds is 3. The number of piperazine rings is 1. The molecule has 5 heteroatoms. The minimum atomic E-state index is -0.792. The average Bonchev–Trinajstić information content (AvgIpc) is 2.71. The van der Waals surface area contributed by atoms with E-state index in [0.29, 0.717) is 19.6 Å². The predicted molar refractivity (Wildman–Crippen MR) is 53.4 cm³/mol. The third-order valence-corrected chi connectivity index (χ3v) is 2.52. The molecule has 82 valence electrons. The van der Waals surface area contributed by atoms with Gasteiger partial charge < -0.3 is 14.8 Å². The summed E-state index contributed by atoms with van der Waals surface area (Å²) in [5.74, 6) is 0.0835. The summed E-state index contributed by atoms with van der Waals surface area (Å²) >= 11 is 0. The van der Waals surface area contributed by atoms with Gasteiger partial charge in [0.15, 0.2) is 0 Å². The van der Waals surface area contributed by atoms with Gasteiger partial charge in [-0.05, 0) is 12.1 Å². The molecule has 0 aliphatic carbocycles. The Kier molecular flexibility index (Phi) is 3.03. The van der Waals surface area contributed by atoms with E-state index in [-0.39, 0.29) is 0 Å². The Balaban J connectivity index is 1.90. The average molecular weight is 210 g/mol. The van der Waals surface area contributed by atoms with Crippen LogP contribution in [0.25, 0.3) is 0 Å². The van der Waals surface area contributed by atoms with E-state index in [9.17, 15) is 4.79 Å². The van der Waals surface area contributed by atoms with Crippen LogP contribution < -0.4 is 5.32 Å². The number of furan rings is 1. The third kappa shape index (κ3) is 2.57. The monoisotopic (exact) mass is 210 g/mol. The molecule has 1 atom stereocenters. The molecule has 1 aromatic rings. The summed E-state index contributed by atoms with van der Waals surface area (Å²) in [7, 11) is 0. The van der Waals surface area contributed by atoms with Crippen molar-refractivity contribution in [3.8, 4) is 0 Å². The summed E-state index contributed by atoms with van der Waals surface area (Å²) in [5.41, 5.74) is 0. The Morgan fingerprint density at radius 3 is 3.27 bits per heavy atom. The van der Waals surface area contributed by atoms with Crippen molar-refractivity contribution in [1.29, 1.82) is 0 Å². The van der Waals surface area contributed by atoms with Gasteiger partial charge in [0.1, 0.15) is 11.8 Å². The molecule has 0 aromatic carbocycles. The summed E-state index contributed by atoms with van der Waals surface area (Å²) < 4.78 is 5.22. The second-order valence-corrected chi connectivity index (χ2v) is 3.66. The van der Waals surface area contributed by atoms with Crippen molar-refractivity contribution in [2.75, 3.05) is 19.6 Å². The van der Waals surface area contributed by atoms with Crippen molar-refractivity contribution in [1.82, 2.24) is 10.2 Å². The van der Waals surface area contributed by atoms with E-state index >= 15 is 0 Å². The van der Waals surface area contributed by atoms with Gasteiger partial charge in [-0.15, -0.1) is 0 Å². The lowest BCUT2D eigenvalue weighted by Crippen LogP contribution is -2.53. The smallest absolute Gasteiger partial charge is 0.322 e. The highest BCUT2D eigenvalue weighted by molar-refractivity contribution is 5.73. The lowest BCUT2D eigenvalue weighted by Gasteiger charge is -2.30. The molecule has 15 heavy (non-hydrogen) atoms. The molecule has 0 amide bonds. The summed E-state index contributed by atoms with van der Waals surface area (Å²) in [6.07, 6.45) is 1.63. The van der Waals surface area contributed by atoms with Crippen LogP contribution in [-0.2, 0) is 11.3 Å². The van der Waals surface area contributed by atoms with Gasteiger partial charge in [0.2, 0.25) is 0 Å². The number of hydrogen-bond acceptors (Lipinski definition) is 4. The topological polar surface area (TPSA) is 65.7 Å². The van der Waals surface area contributed by atoms with Crippen molar-refractivity contribution in [2.45, 2.75) is 12.6 Å². The van der Waals surface area contributed by atoms with Crippen LogP contribution in [0.4, 0.5) is 0 Å². The normalized spacial score (nSPS) is 22.8. The van der Waals surface area contributed by atoms with Crippen molar-refractivity contribution < 1.29 is 14.3 Å². The largest absolute Gasteiger partial charge is 0.480 e. The Hall–Kier alpha value is -1.33. The Morgan fingerprint density at radius 2 is 2.60 bits per heavy atom. The van der Waals surface area contributed by atoms with E-state index < -0.39 is 12.0 Å². The van der Waals surface area contributed by atoms with Crippen molar-refractivity contribution >= 4 is 5.97 Å². The Bertz CT molecular complexity index is 323. The SMILES string of the molecule is O=C(O)C1CN(Cc2ccco2)CCN1. The van der Waals surface area contributed by atoms with E-state index in [0.717, 1.165) is 12.3 Å². The maximum Gasteiger partial charge on any atom is 0.322 e. The van der Waals surface area contributed by atoms with Gasteiger partial charge in [-0.2, -0.15) is 0 Å². The summed E-state index contributed by atoms with van der Waals surface area (Å²) in [6.45, 7) is 2.76. The first kappa shape index (κ1) is 10.2. The van der Waals surface area contributed by atoms with Gasteiger partial charge in [0.05, 0.1) is 12.8 Å². The third-order valence-electron chi connectivity index (χ3n) is 2.52. The molecule has 5 nitrogen and oxygen atoms in total. The number of nitrogens with zero attached hydrogens (tertiary/aromatic N) is 1. The van der Waals surface area contributed by atoms with Crippen molar-refractivity contribution in [3.05, 3.63) is 24.2 Å². The zero-order valence-electron chi connectivity index (χ0n) is 8.35. The predicted octanol–water partition coefficient (Wildman–Crippen LogP) is 0.138. The number of carbonyl (C=O) groups is 1. The molecule has 0 saturated carbocycles. The molecule has 2 heterocycles. The molecule has 2 N–H and O–H groups in total. The highest BCUT2D eigenvalue weighted by Gasteiger charge is 2.24. The van der Waals surface area contributed by atoms with Crippen molar-refractivity contribution in [2.24, 2.45) is 0 Å². The van der Waals surface area contributed by atoms with Gasteiger partial charge >= 0.3 is 5.97 Å².